The molecule has 6 rings (SSSR count). The molecule has 1 aromatic rings. The fourth-order valence-corrected chi connectivity index (χ4v) is 7.12. The van der Waals surface area contributed by atoms with Crippen LogP contribution in [-0.2, 0) is 9.53 Å². The van der Waals surface area contributed by atoms with Crippen molar-refractivity contribution < 1.29 is 9.53 Å². The van der Waals surface area contributed by atoms with E-state index in [0.29, 0.717) is 18.1 Å². The Morgan fingerprint density at radius 2 is 1.93 bits per heavy atom. The number of piperazine rings is 1. The van der Waals surface area contributed by atoms with Crippen molar-refractivity contribution in [2.75, 3.05) is 37.6 Å². The Hall–Kier alpha value is -1.56. The van der Waals surface area contributed by atoms with Gasteiger partial charge in [0.1, 0.15) is 0 Å². The molecule has 0 aromatic heterocycles. The molecular formula is C24H30ClN3O2. The van der Waals surface area contributed by atoms with Crippen LogP contribution in [0.1, 0.15) is 37.7 Å². The molecule has 1 saturated carbocycles. The summed E-state index contributed by atoms with van der Waals surface area (Å²) < 4.78 is 6.04. The Balaban J connectivity index is 1.23. The third-order valence-electron chi connectivity index (χ3n) is 8.31. The number of aryl methyl sites for hydroxylation is 1. The molecule has 1 aliphatic carbocycles. The average molecular weight is 428 g/mol. The number of piperidine rings is 1. The Morgan fingerprint density at radius 1 is 1.10 bits per heavy atom. The van der Waals surface area contributed by atoms with Gasteiger partial charge in [-0.25, -0.2) is 4.79 Å². The highest BCUT2D eigenvalue weighted by Crippen LogP contribution is 2.54. The zero-order chi connectivity index (χ0) is 20.5. The minimum absolute atomic E-state index is 0.113. The van der Waals surface area contributed by atoms with Gasteiger partial charge < -0.3 is 9.64 Å². The number of carbonyl (C=O) groups is 1. The number of carbonyl (C=O) groups excluding carboxylic acids is 1. The van der Waals surface area contributed by atoms with Gasteiger partial charge in [-0.2, -0.15) is 0 Å². The second-order valence-electron chi connectivity index (χ2n) is 9.73. The van der Waals surface area contributed by atoms with Crippen LogP contribution in [0.2, 0.25) is 5.02 Å². The minimum Gasteiger partial charge on any atom is -0.450 e. The standard InChI is InChI=1S/C24H30ClN3O2/c1-16-5-6-18(25)14-19(16)26-8-10-27(11-9-26)20-12-17-13-23(29)30-24(17)15-21(20)28-7-3-2-4-22(24)28/h5-6,13-14,20-22H,2-4,7-12,15H2,1H3/t20-,21-,22-,24-/m1/s1. The van der Waals surface area contributed by atoms with Crippen molar-refractivity contribution in [1.29, 1.82) is 0 Å². The van der Waals surface area contributed by atoms with Gasteiger partial charge in [-0.05, 0) is 56.0 Å². The lowest BCUT2D eigenvalue weighted by molar-refractivity contribution is -0.148. The van der Waals surface area contributed by atoms with E-state index in [0.717, 1.165) is 57.0 Å². The topological polar surface area (TPSA) is 36.0 Å². The van der Waals surface area contributed by atoms with Crippen LogP contribution in [0.5, 0.6) is 0 Å². The third kappa shape index (κ3) is 2.78. The number of ether oxygens (including phenoxy) is 1. The highest BCUT2D eigenvalue weighted by molar-refractivity contribution is 6.30. The van der Waals surface area contributed by atoms with E-state index in [4.69, 9.17) is 16.3 Å². The van der Waals surface area contributed by atoms with Crippen molar-refractivity contribution in [3.63, 3.8) is 0 Å². The van der Waals surface area contributed by atoms with Gasteiger partial charge in [-0.3, -0.25) is 9.80 Å². The lowest BCUT2D eigenvalue weighted by Crippen LogP contribution is -2.57. The van der Waals surface area contributed by atoms with E-state index < -0.39 is 0 Å². The molecule has 160 valence electrons. The van der Waals surface area contributed by atoms with E-state index in [9.17, 15) is 4.79 Å². The summed E-state index contributed by atoms with van der Waals surface area (Å²) in [4.78, 5) is 20.1. The van der Waals surface area contributed by atoms with Crippen LogP contribution in [0.3, 0.4) is 0 Å². The van der Waals surface area contributed by atoms with E-state index in [1.807, 2.05) is 12.1 Å². The number of nitrogens with zero attached hydrogens (tertiary/aromatic N) is 3. The van der Waals surface area contributed by atoms with Crippen LogP contribution in [0.4, 0.5) is 5.69 Å². The first-order chi connectivity index (χ1) is 14.5. The van der Waals surface area contributed by atoms with Crippen molar-refractivity contribution in [1.82, 2.24) is 9.80 Å². The van der Waals surface area contributed by atoms with E-state index in [1.165, 1.54) is 29.7 Å². The first-order valence-corrected chi connectivity index (χ1v) is 11.9. The molecule has 4 heterocycles. The zero-order valence-electron chi connectivity index (χ0n) is 17.6. The lowest BCUT2D eigenvalue weighted by Gasteiger charge is -2.46. The predicted molar refractivity (Wildman–Crippen MR) is 118 cm³/mol. The molecule has 0 radical (unpaired) electrons. The highest BCUT2D eigenvalue weighted by Gasteiger charge is 2.64. The quantitative estimate of drug-likeness (QED) is 0.676. The maximum Gasteiger partial charge on any atom is 0.331 e. The summed E-state index contributed by atoms with van der Waals surface area (Å²) in [6, 6.07) is 7.59. The number of anilines is 1. The van der Waals surface area contributed by atoms with Crippen LogP contribution >= 0.6 is 11.6 Å². The van der Waals surface area contributed by atoms with Crippen LogP contribution in [-0.4, -0.2) is 72.2 Å². The molecule has 0 N–H and O–H groups in total. The van der Waals surface area contributed by atoms with E-state index in [2.05, 4.69) is 33.8 Å². The predicted octanol–water partition coefficient (Wildman–Crippen LogP) is 3.39. The first-order valence-electron chi connectivity index (χ1n) is 11.5. The minimum atomic E-state index is -0.307. The van der Waals surface area contributed by atoms with E-state index >= 15 is 0 Å². The average Bonchev–Trinajstić information content (AvgIpc) is 3.24. The van der Waals surface area contributed by atoms with Gasteiger partial charge in [0.05, 0.1) is 6.04 Å². The van der Waals surface area contributed by atoms with E-state index in [1.54, 1.807) is 0 Å². The maximum absolute atomic E-state index is 12.3. The Kier molecular flexibility index (Phi) is 4.45. The number of rotatable bonds is 2. The summed E-state index contributed by atoms with van der Waals surface area (Å²) in [6.45, 7) is 7.47. The Morgan fingerprint density at radius 3 is 2.77 bits per heavy atom. The summed E-state index contributed by atoms with van der Waals surface area (Å²) >= 11 is 6.27. The summed E-state index contributed by atoms with van der Waals surface area (Å²) in [5, 5.41) is 0.807. The number of hydrogen-bond donors (Lipinski definition) is 0. The van der Waals surface area contributed by atoms with Gasteiger partial charge in [0, 0.05) is 61.5 Å². The molecule has 4 fully saturated rings. The molecule has 1 aromatic carbocycles. The Bertz CT molecular complexity index is 910. The van der Waals surface area contributed by atoms with E-state index in [-0.39, 0.29) is 11.6 Å². The molecule has 30 heavy (non-hydrogen) atoms. The Labute approximate surface area is 183 Å². The van der Waals surface area contributed by atoms with Gasteiger partial charge in [-0.15, -0.1) is 0 Å². The number of esters is 1. The highest BCUT2D eigenvalue weighted by atomic mass is 35.5. The molecule has 1 spiro atoms. The molecule has 2 bridgehead atoms. The van der Waals surface area contributed by atoms with Crippen LogP contribution < -0.4 is 4.90 Å². The molecule has 6 heteroatoms. The SMILES string of the molecule is Cc1ccc(Cl)cc1N1CCN([C@@H]2CC3=CC(=O)O[C@]34C[C@H]2N2CCCC[C@@H]24)CC1. The summed E-state index contributed by atoms with van der Waals surface area (Å²) in [7, 11) is 0. The molecule has 0 unspecified atom stereocenters. The molecule has 4 atom stereocenters. The van der Waals surface area contributed by atoms with Crippen LogP contribution in [0.15, 0.2) is 29.8 Å². The number of fused-ring (bicyclic) bond motifs is 3. The zero-order valence-corrected chi connectivity index (χ0v) is 18.4. The second kappa shape index (κ2) is 6.98. The molecule has 5 nitrogen and oxygen atoms in total. The maximum atomic E-state index is 12.3. The lowest BCUT2D eigenvalue weighted by atomic mass is 9.75. The van der Waals surface area contributed by atoms with Crippen LogP contribution in [0.25, 0.3) is 0 Å². The fourth-order valence-electron chi connectivity index (χ4n) is 6.95. The van der Waals surface area contributed by atoms with Crippen molar-refractivity contribution >= 4 is 23.3 Å². The summed E-state index contributed by atoms with van der Waals surface area (Å²) in [5.74, 6) is -0.113. The molecular weight excluding hydrogens is 398 g/mol. The van der Waals surface area contributed by atoms with Gasteiger partial charge in [0.25, 0.3) is 0 Å². The smallest absolute Gasteiger partial charge is 0.331 e. The number of hydrogen-bond acceptors (Lipinski definition) is 5. The number of benzene rings is 1. The van der Waals surface area contributed by atoms with Gasteiger partial charge >= 0.3 is 5.97 Å². The van der Waals surface area contributed by atoms with Crippen LogP contribution in [0, 0.1) is 6.92 Å². The van der Waals surface area contributed by atoms with Crippen molar-refractivity contribution in [2.24, 2.45) is 0 Å². The molecule has 4 aliphatic heterocycles. The first kappa shape index (κ1) is 19.1. The normalized spacial score (nSPS) is 36.3. The van der Waals surface area contributed by atoms with Gasteiger partial charge in [-0.1, -0.05) is 24.1 Å². The van der Waals surface area contributed by atoms with Crippen molar-refractivity contribution in [3.8, 4) is 0 Å². The van der Waals surface area contributed by atoms with Gasteiger partial charge in [0.15, 0.2) is 5.60 Å². The summed E-state index contributed by atoms with van der Waals surface area (Å²) in [6.07, 6.45) is 7.49. The molecule has 5 aliphatic rings. The van der Waals surface area contributed by atoms with Crippen molar-refractivity contribution in [2.45, 2.75) is 62.8 Å². The monoisotopic (exact) mass is 427 g/mol. The van der Waals surface area contributed by atoms with Gasteiger partial charge in [0.2, 0.25) is 0 Å². The van der Waals surface area contributed by atoms with Crippen molar-refractivity contribution in [3.05, 3.63) is 40.4 Å². The molecule has 3 saturated heterocycles. The molecule has 0 amide bonds. The number of halogens is 1. The fraction of sp³-hybridized carbons (Fsp3) is 0.625. The largest absolute Gasteiger partial charge is 0.450 e. The summed E-state index contributed by atoms with van der Waals surface area (Å²) in [5.41, 5.74) is 3.52. The third-order valence-corrected chi connectivity index (χ3v) is 8.54. The second-order valence-corrected chi connectivity index (χ2v) is 10.2.